The van der Waals surface area contributed by atoms with Crippen molar-refractivity contribution in [2.24, 2.45) is 0 Å². The molecule has 5 nitrogen and oxygen atoms in total. The molecule has 2 N–H and O–H groups in total. The normalized spacial score (nSPS) is 11.2. The molecule has 0 spiro atoms. The SMILES string of the molecule is N#CCCc1cc(C(O)C(=O)O)ccc1C#N. The Morgan fingerprint density at radius 2 is 2.12 bits per heavy atom. The first-order valence-corrected chi connectivity index (χ1v) is 4.91. The highest BCUT2D eigenvalue weighted by Crippen LogP contribution is 2.19. The van der Waals surface area contributed by atoms with Crippen molar-refractivity contribution in [2.45, 2.75) is 18.9 Å². The summed E-state index contributed by atoms with van der Waals surface area (Å²) in [5.41, 5.74) is 1.18. The van der Waals surface area contributed by atoms with Crippen LogP contribution in [0.4, 0.5) is 0 Å². The van der Waals surface area contributed by atoms with Gasteiger partial charge in [-0.25, -0.2) is 4.79 Å². The molecule has 0 radical (unpaired) electrons. The third kappa shape index (κ3) is 3.04. The van der Waals surface area contributed by atoms with Gasteiger partial charge in [0.2, 0.25) is 0 Å². The highest BCUT2D eigenvalue weighted by molar-refractivity contribution is 5.74. The van der Waals surface area contributed by atoms with Crippen molar-refractivity contribution in [2.75, 3.05) is 0 Å². The number of carboxylic acids is 1. The molecule has 1 unspecified atom stereocenters. The number of aliphatic hydroxyl groups is 1. The third-order valence-electron chi connectivity index (χ3n) is 2.31. The first kappa shape index (κ1) is 12.7. The second-order valence-electron chi connectivity index (χ2n) is 3.43. The van der Waals surface area contributed by atoms with Gasteiger partial charge in [0.25, 0.3) is 0 Å². The van der Waals surface area contributed by atoms with E-state index in [1.165, 1.54) is 18.2 Å². The molecular weight excluding hydrogens is 220 g/mol. The van der Waals surface area contributed by atoms with Crippen molar-refractivity contribution in [3.8, 4) is 12.1 Å². The maximum absolute atomic E-state index is 10.6. The predicted molar refractivity (Wildman–Crippen MR) is 57.7 cm³/mol. The van der Waals surface area contributed by atoms with Gasteiger partial charge in [0.1, 0.15) is 0 Å². The summed E-state index contributed by atoms with van der Waals surface area (Å²) in [4.78, 5) is 10.6. The van der Waals surface area contributed by atoms with E-state index in [4.69, 9.17) is 15.6 Å². The Hall–Kier alpha value is -2.37. The van der Waals surface area contributed by atoms with Crippen LogP contribution >= 0.6 is 0 Å². The summed E-state index contributed by atoms with van der Waals surface area (Å²) in [5, 5.41) is 35.4. The smallest absolute Gasteiger partial charge is 0.337 e. The van der Waals surface area contributed by atoms with E-state index in [1.807, 2.05) is 12.1 Å². The minimum atomic E-state index is -1.61. The molecule has 0 aromatic heterocycles. The van der Waals surface area contributed by atoms with Crippen LogP contribution in [0, 0.1) is 22.7 Å². The topological polar surface area (TPSA) is 105 Å². The highest BCUT2D eigenvalue weighted by atomic mass is 16.4. The summed E-state index contributed by atoms with van der Waals surface area (Å²) < 4.78 is 0. The first-order chi connectivity index (χ1) is 8.10. The zero-order valence-electron chi connectivity index (χ0n) is 8.92. The maximum Gasteiger partial charge on any atom is 0.337 e. The average molecular weight is 230 g/mol. The molecule has 0 fully saturated rings. The van der Waals surface area contributed by atoms with Gasteiger partial charge in [-0.2, -0.15) is 10.5 Å². The van der Waals surface area contributed by atoms with E-state index in [-0.39, 0.29) is 12.0 Å². The van der Waals surface area contributed by atoms with Crippen LogP contribution in [0.3, 0.4) is 0 Å². The number of nitrogens with zero attached hydrogens (tertiary/aromatic N) is 2. The Morgan fingerprint density at radius 1 is 1.41 bits per heavy atom. The van der Waals surface area contributed by atoms with Crippen molar-refractivity contribution >= 4 is 5.97 Å². The molecule has 0 heterocycles. The lowest BCUT2D eigenvalue weighted by molar-refractivity contribution is -0.146. The summed E-state index contributed by atoms with van der Waals surface area (Å²) in [6.45, 7) is 0. The Kier molecular flexibility index (Phi) is 4.21. The third-order valence-corrected chi connectivity index (χ3v) is 2.31. The number of carboxylic acid groups (broad SMARTS) is 1. The summed E-state index contributed by atoms with van der Waals surface area (Å²) in [7, 11) is 0. The van der Waals surface area contributed by atoms with Gasteiger partial charge in [-0.15, -0.1) is 0 Å². The van der Waals surface area contributed by atoms with E-state index in [1.54, 1.807) is 0 Å². The van der Waals surface area contributed by atoms with Crippen LogP contribution in [0.2, 0.25) is 0 Å². The number of hydrogen-bond donors (Lipinski definition) is 2. The average Bonchev–Trinajstić information content (AvgIpc) is 2.34. The van der Waals surface area contributed by atoms with E-state index >= 15 is 0 Å². The molecule has 0 saturated heterocycles. The van der Waals surface area contributed by atoms with Crippen molar-refractivity contribution < 1.29 is 15.0 Å². The van der Waals surface area contributed by atoms with Crippen LogP contribution in [0.5, 0.6) is 0 Å². The predicted octanol–water partition coefficient (Wildman–Crippen LogP) is 1.13. The van der Waals surface area contributed by atoms with Gasteiger partial charge in [-0.1, -0.05) is 12.1 Å². The largest absolute Gasteiger partial charge is 0.479 e. The molecule has 1 atom stereocenters. The first-order valence-electron chi connectivity index (χ1n) is 4.91. The van der Waals surface area contributed by atoms with Crippen molar-refractivity contribution in [3.05, 3.63) is 34.9 Å². The molecule has 1 aromatic rings. The number of aryl methyl sites for hydroxylation is 1. The molecule has 1 aromatic carbocycles. The maximum atomic E-state index is 10.6. The zero-order valence-corrected chi connectivity index (χ0v) is 8.92. The number of aliphatic carboxylic acids is 1. The Bertz CT molecular complexity index is 511. The fourth-order valence-electron chi connectivity index (χ4n) is 1.43. The summed E-state index contributed by atoms with van der Waals surface area (Å²) in [5.74, 6) is -1.35. The molecule has 0 bridgehead atoms. The molecular formula is C12H10N2O3. The molecule has 1 rings (SSSR count). The zero-order chi connectivity index (χ0) is 12.8. The number of carbonyl (C=O) groups is 1. The van der Waals surface area contributed by atoms with Crippen LogP contribution < -0.4 is 0 Å². The van der Waals surface area contributed by atoms with Crippen LogP contribution in [0.1, 0.15) is 29.2 Å². The van der Waals surface area contributed by atoms with Gasteiger partial charge in [-0.3, -0.25) is 0 Å². The van der Waals surface area contributed by atoms with Gasteiger partial charge in [0.05, 0.1) is 17.7 Å². The van der Waals surface area contributed by atoms with Crippen molar-refractivity contribution in [1.82, 2.24) is 0 Å². The van der Waals surface area contributed by atoms with Crippen LogP contribution in [0.25, 0.3) is 0 Å². The molecule has 0 aliphatic rings. The van der Waals surface area contributed by atoms with Gasteiger partial charge >= 0.3 is 5.97 Å². The number of nitriles is 2. The van der Waals surface area contributed by atoms with Gasteiger partial charge in [-0.05, 0) is 23.6 Å². The quantitative estimate of drug-likeness (QED) is 0.806. The minimum absolute atomic E-state index is 0.212. The fourth-order valence-corrected chi connectivity index (χ4v) is 1.43. The summed E-state index contributed by atoms with van der Waals surface area (Å²) >= 11 is 0. The van der Waals surface area contributed by atoms with E-state index < -0.39 is 12.1 Å². The lowest BCUT2D eigenvalue weighted by Crippen LogP contribution is -2.11. The molecule has 5 heteroatoms. The van der Waals surface area contributed by atoms with E-state index in [9.17, 15) is 9.90 Å². The number of benzene rings is 1. The molecule has 0 amide bonds. The fraction of sp³-hybridized carbons (Fsp3) is 0.250. The van der Waals surface area contributed by atoms with Crippen molar-refractivity contribution in [1.29, 1.82) is 10.5 Å². The number of aliphatic hydroxyl groups excluding tert-OH is 1. The second-order valence-corrected chi connectivity index (χ2v) is 3.43. The standard InChI is InChI=1S/C12H10N2O3/c13-5-1-2-8-6-9(11(15)12(16)17)3-4-10(8)7-14/h3-4,6,11,15H,1-2H2,(H,16,17). The lowest BCUT2D eigenvalue weighted by Gasteiger charge is -2.08. The van der Waals surface area contributed by atoms with Crippen molar-refractivity contribution in [3.63, 3.8) is 0 Å². The van der Waals surface area contributed by atoms with E-state index in [0.717, 1.165) is 0 Å². The monoisotopic (exact) mass is 230 g/mol. The highest BCUT2D eigenvalue weighted by Gasteiger charge is 2.17. The van der Waals surface area contributed by atoms with E-state index in [0.29, 0.717) is 17.5 Å². The van der Waals surface area contributed by atoms with Crippen LogP contribution in [0.15, 0.2) is 18.2 Å². The molecule has 0 saturated carbocycles. The Balaban J connectivity index is 3.10. The van der Waals surface area contributed by atoms with Gasteiger partial charge < -0.3 is 10.2 Å². The van der Waals surface area contributed by atoms with Crippen LogP contribution in [-0.2, 0) is 11.2 Å². The van der Waals surface area contributed by atoms with E-state index in [2.05, 4.69) is 0 Å². The number of hydrogen-bond acceptors (Lipinski definition) is 4. The molecule has 86 valence electrons. The second kappa shape index (κ2) is 5.64. The lowest BCUT2D eigenvalue weighted by atomic mass is 9.98. The summed E-state index contributed by atoms with van der Waals surface area (Å²) in [6.07, 6.45) is -1.01. The molecule has 17 heavy (non-hydrogen) atoms. The molecule has 0 aliphatic heterocycles. The Morgan fingerprint density at radius 3 is 2.65 bits per heavy atom. The Labute approximate surface area is 98.2 Å². The summed E-state index contributed by atoms with van der Waals surface area (Å²) in [6, 6.07) is 8.21. The van der Waals surface area contributed by atoms with Gasteiger partial charge in [0.15, 0.2) is 6.10 Å². The minimum Gasteiger partial charge on any atom is -0.479 e. The number of rotatable bonds is 4. The van der Waals surface area contributed by atoms with Crippen LogP contribution in [-0.4, -0.2) is 16.2 Å². The molecule has 0 aliphatic carbocycles. The van der Waals surface area contributed by atoms with Gasteiger partial charge in [0, 0.05) is 6.42 Å².